The van der Waals surface area contributed by atoms with Gasteiger partial charge >= 0.3 is 0 Å². The van der Waals surface area contributed by atoms with Crippen molar-refractivity contribution in [3.8, 4) is 0 Å². The Morgan fingerprint density at radius 1 is 0.833 bits per heavy atom. The lowest BCUT2D eigenvalue weighted by Gasteiger charge is -2.34. The summed E-state index contributed by atoms with van der Waals surface area (Å²) >= 11 is 6.02. The fourth-order valence-corrected chi connectivity index (χ4v) is 6.25. The largest absolute Gasteiger partial charge is 0.355 e. The van der Waals surface area contributed by atoms with Crippen molar-refractivity contribution in [1.29, 1.82) is 0 Å². The van der Waals surface area contributed by atoms with Crippen LogP contribution in [0, 0.1) is 6.92 Å². The maximum atomic E-state index is 14.3. The van der Waals surface area contributed by atoms with Crippen LogP contribution >= 0.6 is 11.6 Å². The first kappa shape index (κ1) is 30.8. The number of aryl methyl sites for hydroxylation is 1. The summed E-state index contributed by atoms with van der Waals surface area (Å²) in [4.78, 5) is 29.3. The van der Waals surface area contributed by atoms with Crippen molar-refractivity contribution in [1.82, 2.24) is 10.2 Å². The molecule has 9 heteroatoms. The Balaban J connectivity index is 1.78. The van der Waals surface area contributed by atoms with Crippen molar-refractivity contribution < 1.29 is 18.0 Å². The number of carbonyl (C=O) groups is 2. The van der Waals surface area contributed by atoms with E-state index in [9.17, 15) is 18.0 Å². The lowest BCUT2D eigenvalue weighted by molar-refractivity contribution is -0.140. The average molecular weight is 604 g/mol. The van der Waals surface area contributed by atoms with Gasteiger partial charge in [0.25, 0.3) is 10.0 Å². The van der Waals surface area contributed by atoms with Crippen LogP contribution in [0.4, 0.5) is 5.69 Å². The number of hydrogen-bond acceptors (Lipinski definition) is 4. The molecule has 4 aromatic rings. The van der Waals surface area contributed by atoms with Crippen LogP contribution in [-0.4, -0.2) is 44.3 Å². The van der Waals surface area contributed by atoms with Crippen LogP contribution in [0.5, 0.6) is 0 Å². The Hall–Kier alpha value is -4.14. The molecule has 4 aromatic carbocycles. The molecule has 218 valence electrons. The average Bonchev–Trinajstić information content (AvgIpc) is 2.99. The van der Waals surface area contributed by atoms with Crippen LogP contribution < -0.4 is 9.62 Å². The van der Waals surface area contributed by atoms with Gasteiger partial charge in [0, 0.05) is 24.5 Å². The first-order chi connectivity index (χ1) is 20.2. The van der Waals surface area contributed by atoms with Crippen molar-refractivity contribution in [2.75, 3.05) is 17.4 Å². The second-order valence-corrected chi connectivity index (χ2v) is 12.2. The lowest BCUT2D eigenvalue weighted by atomic mass is 10.0. The Bertz CT molecular complexity index is 1600. The van der Waals surface area contributed by atoms with Gasteiger partial charge in [0.1, 0.15) is 12.6 Å². The molecule has 0 radical (unpaired) electrons. The zero-order chi connectivity index (χ0) is 30.1. The SMILES string of the molecule is CCNC(=O)[C@@H](Cc1ccccc1)N(Cc1cccc(C)c1)C(=O)CN(c1ccccc1)S(=O)(=O)c1ccc(Cl)cc1. The fraction of sp³-hybridized carbons (Fsp3) is 0.212. The van der Waals surface area contributed by atoms with Crippen molar-refractivity contribution in [2.24, 2.45) is 0 Å². The zero-order valence-corrected chi connectivity index (χ0v) is 25.2. The van der Waals surface area contributed by atoms with E-state index in [1.165, 1.54) is 29.2 Å². The van der Waals surface area contributed by atoms with Crippen LogP contribution in [0.15, 0.2) is 114 Å². The molecule has 1 N–H and O–H groups in total. The van der Waals surface area contributed by atoms with Crippen LogP contribution in [0.3, 0.4) is 0 Å². The standard InChI is InChI=1S/C33H34ClN3O4S/c1-3-35-33(39)31(22-26-12-6-4-7-13-26)36(23-27-14-10-11-25(2)21-27)32(38)24-37(29-15-8-5-9-16-29)42(40,41)30-19-17-28(34)18-20-30/h4-21,31H,3,22-24H2,1-2H3,(H,35,39)/t31-/m1/s1. The number of nitrogens with zero attached hydrogens (tertiary/aromatic N) is 2. The predicted molar refractivity (Wildman–Crippen MR) is 167 cm³/mol. The summed E-state index contributed by atoms with van der Waals surface area (Å²) in [6, 6.07) is 30.6. The predicted octanol–water partition coefficient (Wildman–Crippen LogP) is 5.62. The summed E-state index contributed by atoms with van der Waals surface area (Å²) in [6.45, 7) is 3.78. The Morgan fingerprint density at radius 2 is 1.45 bits per heavy atom. The molecule has 0 aliphatic rings. The van der Waals surface area contributed by atoms with E-state index in [1.54, 1.807) is 30.3 Å². The van der Waals surface area contributed by atoms with E-state index in [4.69, 9.17) is 11.6 Å². The van der Waals surface area contributed by atoms with Crippen LogP contribution in [0.2, 0.25) is 5.02 Å². The third-order valence-electron chi connectivity index (χ3n) is 6.78. The Labute approximate surface area is 252 Å². The number of para-hydroxylation sites is 1. The van der Waals surface area contributed by atoms with E-state index >= 15 is 0 Å². The fourth-order valence-electron chi connectivity index (χ4n) is 4.71. The number of rotatable bonds is 12. The maximum absolute atomic E-state index is 14.3. The van der Waals surface area contributed by atoms with E-state index in [0.29, 0.717) is 17.3 Å². The molecule has 42 heavy (non-hydrogen) atoms. The molecule has 0 bridgehead atoms. The van der Waals surface area contributed by atoms with Crippen molar-refractivity contribution in [2.45, 2.75) is 37.8 Å². The van der Waals surface area contributed by atoms with Crippen molar-refractivity contribution in [3.63, 3.8) is 0 Å². The molecule has 0 aromatic heterocycles. The number of anilines is 1. The van der Waals surface area contributed by atoms with E-state index in [1.807, 2.05) is 68.4 Å². The zero-order valence-electron chi connectivity index (χ0n) is 23.6. The summed E-state index contributed by atoms with van der Waals surface area (Å²) in [5, 5.41) is 3.26. The number of amides is 2. The van der Waals surface area contributed by atoms with Gasteiger partial charge in [-0.2, -0.15) is 0 Å². The summed E-state index contributed by atoms with van der Waals surface area (Å²) in [5.74, 6) is -0.820. The molecule has 0 unspecified atom stereocenters. The second kappa shape index (κ2) is 14.2. The monoisotopic (exact) mass is 603 g/mol. The molecule has 1 atom stereocenters. The number of likely N-dealkylation sites (N-methyl/N-ethyl adjacent to an activating group) is 1. The molecule has 2 amide bonds. The van der Waals surface area contributed by atoms with Gasteiger partial charge in [0.2, 0.25) is 11.8 Å². The third-order valence-corrected chi connectivity index (χ3v) is 8.82. The highest BCUT2D eigenvalue weighted by Crippen LogP contribution is 2.26. The van der Waals surface area contributed by atoms with Gasteiger partial charge in [0.15, 0.2) is 0 Å². The molecule has 7 nitrogen and oxygen atoms in total. The minimum absolute atomic E-state index is 0.00153. The van der Waals surface area contributed by atoms with Crippen LogP contribution in [-0.2, 0) is 32.6 Å². The van der Waals surface area contributed by atoms with Crippen LogP contribution in [0.1, 0.15) is 23.6 Å². The molecule has 4 rings (SSSR count). The van der Waals surface area contributed by atoms with E-state index in [-0.39, 0.29) is 23.8 Å². The van der Waals surface area contributed by atoms with Crippen molar-refractivity contribution >= 4 is 39.1 Å². The first-order valence-electron chi connectivity index (χ1n) is 13.7. The number of halogens is 1. The number of carbonyl (C=O) groups excluding carboxylic acids is 2. The van der Waals surface area contributed by atoms with Gasteiger partial charge in [0.05, 0.1) is 10.6 Å². The number of hydrogen-bond donors (Lipinski definition) is 1. The smallest absolute Gasteiger partial charge is 0.264 e. The van der Waals surface area contributed by atoms with Gasteiger partial charge < -0.3 is 10.2 Å². The second-order valence-electron chi connectivity index (χ2n) is 9.91. The molecular weight excluding hydrogens is 570 g/mol. The summed E-state index contributed by atoms with van der Waals surface area (Å²) in [6.07, 6.45) is 0.263. The molecule has 0 heterocycles. The molecule has 0 saturated carbocycles. The molecule has 0 aliphatic carbocycles. The van der Waals surface area contributed by atoms with Gasteiger partial charge in [-0.3, -0.25) is 13.9 Å². The number of benzene rings is 4. The Morgan fingerprint density at radius 3 is 2.07 bits per heavy atom. The van der Waals surface area contributed by atoms with E-state index in [2.05, 4.69) is 5.32 Å². The van der Waals surface area contributed by atoms with Crippen molar-refractivity contribution in [3.05, 3.63) is 131 Å². The molecule has 0 saturated heterocycles. The minimum Gasteiger partial charge on any atom is -0.355 e. The molecule has 0 aliphatic heterocycles. The molecular formula is C33H34ClN3O4S. The first-order valence-corrected chi connectivity index (χ1v) is 15.5. The Kier molecular flexibility index (Phi) is 10.4. The van der Waals surface area contributed by atoms with Gasteiger partial charge in [-0.15, -0.1) is 0 Å². The normalized spacial score (nSPS) is 11.9. The minimum atomic E-state index is -4.17. The highest BCUT2D eigenvalue weighted by Gasteiger charge is 2.34. The highest BCUT2D eigenvalue weighted by molar-refractivity contribution is 7.92. The van der Waals surface area contributed by atoms with E-state index in [0.717, 1.165) is 21.0 Å². The molecule has 0 spiro atoms. The molecule has 0 fully saturated rings. The third kappa shape index (κ3) is 7.78. The summed E-state index contributed by atoms with van der Waals surface area (Å²) < 4.78 is 29.0. The summed E-state index contributed by atoms with van der Waals surface area (Å²) in [7, 11) is -4.17. The summed E-state index contributed by atoms with van der Waals surface area (Å²) in [5.41, 5.74) is 3.05. The van der Waals surface area contributed by atoms with Crippen LogP contribution in [0.25, 0.3) is 0 Å². The number of nitrogens with one attached hydrogen (secondary N) is 1. The lowest BCUT2D eigenvalue weighted by Crippen LogP contribution is -2.53. The van der Waals surface area contributed by atoms with Gasteiger partial charge in [-0.25, -0.2) is 8.42 Å². The quantitative estimate of drug-likeness (QED) is 0.228. The maximum Gasteiger partial charge on any atom is 0.264 e. The number of sulfonamides is 1. The highest BCUT2D eigenvalue weighted by atomic mass is 35.5. The topological polar surface area (TPSA) is 86.8 Å². The van der Waals surface area contributed by atoms with E-state index < -0.39 is 28.5 Å². The van der Waals surface area contributed by atoms with Gasteiger partial charge in [-0.1, -0.05) is 90.0 Å². The van der Waals surface area contributed by atoms with Gasteiger partial charge in [-0.05, 0) is 61.4 Å².